The number of H-pyrrole nitrogens is 1. The number of rotatable bonds is 7. The summed E-state index contributed by atoms with van der Waals surface area (Å²) < 4.78 is 25.9. The fourth-order valence-corrected chi connectivity index (χ4v) is 3.04. The number of hydrogen-bond acceptors (Lipinski definition) is 5. The van der Waals surface area contributed by atoms with Gasteiger partial charge in [-0.1, -0.05) is 18.2 Å². The summed E-state index contributed by atoms with van der Waals surface area (Å²) in [6.07, 6.45) is 1.71. The number of aliphatic imine (C=N–C) groups is 1. The number of nitriles is 1. The van der Waals surface area contributed by atoms with E-state index >= 15 is 0 Å². The standard InChI is InChI=1S/C24H19FN6O2/c25-23-18(12-26)21(11-10-19(23)31-24(27)28)33-17-8-6-15(7-9-17)20-13-29-22(30-20)14-32-16-4-2-1-3-5-16/h1-11,13H,14H2,(H,29,30)(H4,27,28,31). The molecule has 4 aromatic rings. The molecule has 0 aliphatic heterocycles. The molecule has 8 nitrogen and oxygen atoms in total. The van der Waals surface area contributed by atoms with Crippen molar-refractivity contribution in [1.29, 1.82) is 5.26 Å². The summed E-state index contributed by atoms with van der Waals surface area (Å²) in [5.41, 5.74) is 11.8. The number of ether oxygens (including phenoxy) is 2. The van der Waals surface area contributed by atoms with Gasteiger partial charge in [0, 0.05) is 0 Å². The van der Waals surface area contributed by atoms with Gasteiger partial charge in [-0.25, -0.2) is 14.4 Å². The molecule has 1 heterocycles. The highest BCUT2D eigenvalue weighted by molar-refractivity contribution is 5.79. The molecule has 1 aromatic heterocycles. The quantitative estimate of drug-likeness (QED) is 0.287. The summed E-state index contributed by atoms with van der Waals surface area (Å²) >= 11 is 0. The van der Waals surface area contributed by atoms with E-state index in [0.717, 1.165) is 17.0 Å². The second-order valence-corrected chi connectivity index (χ2v) is 6.89. The van der Waals surface area contributed by atoms with Gasteiger partial charge in [0.05, 0.1) is 11.9 Å². The average molecular weight is 442 g/mol. The molecule has 9 heteroatoms. The lowest BCUT2D eigenvalue weighted by atomic mass is 10.1. The highest BCUT2D eigenvalue weighted by Crippen LogP contribution is 2.32. The Balaban J connectivity index is 1.46. The summed E-state index contributed by atoms with van der Waals surface area (Å²) in [4.78, 5) is 11.2. The van der Waals surface area contributed by atoms with Gasteiger partial charge in [0.2, 0.25) is 0 Å². The Kier molecular flexibility index (Phi) is 6.18. The first kappa shape index (κ1) is 21.4. The predicted molar refractivity (Wildman–Crippen MR) is 121 cm³/mol. The summed E-state index contributed by atoms with van der Waals surface area (Å²) in [7, 11) is 0. The van der Waals surface area contributed by atoms with Gasteiger partial charge in [0.15, 0.2) is 11.8 Å². The summed E-state index contributed by atoms with van der Waals surface area (Å²) in [6.45, 7) is 0.309. The zero-order valence-electron chi connectivity index (χ0n) is 17.3. The van der Waals surface area contributed by atoms with Gasteiger partial charge >= 0.3 is 0 Å². The maximum atomic E-state index is 14.5. The van der Waals surface area contributed by atoms with E-state index in [-0.39, 0.29) is 23.0 Å². The minimum atomic E-state index is -0.859. The van der Waals surface area contributed by atoms with Crippen LogP contribution in [0.3, 0.4) is 0 Å². The van der Waals surface area contributed by atoms with Crippen molar-refractivity contribution in [2.24, 2.45) is 16.5 Å². The number of nitrogens with zero attached hydrogens (tertiary/aromatic N) is 3. The van der Waals surface area contributed by atoms with E-state index in [1.807, 2.05) is 42.5 Å². The van der Waals surface area contributed by atoms with Crippen LogP contribution in [-0.2, 0) is 6.61 Å². The third kappa shape index (κ3) is 5.08. The van der Waals surface area contributed by atoms with E-state index in [1.54, 1.807) is 24.4 Å². The summed E-state index contributed by atoms with van der Waals surface area (Å²) in [6, 6.07) is 21.1. The molecule has 0 fully saturated rings. The minimum Gasteiger partial charge on any atom is -0.486 e. The topological polar surface area (TPSA) is 135 Å². The molecule has 0 amide bonds. The van der Waals surface area contributed by atoms with Crippen LogP contribution in [0.5, 0.6) is 17.2 Å². The molecule has 0 unspecified atom stereocenters. The van der Waals surface area contributed by atoms with Crippen molar-refractivity contribution in [3.8, 4) is 34.6 Å². The molecule has 0 saturated heterocycles. The zero-order chi connectivity index (χ0) is 23.2. The largest absolute Gasteiger partial charge is 0.486 e. The number of hydrogen-bond donors (Lipinski definition) is 3. The summed E-state index contributed by atoms with van der Waals surface area (Å²) in [5.74, 6) is 0.759. The highest BCUT2D eigenvalue weighted by Gasteiger charge is 2.15. The molecule has 0 saturated carbocycles. The predicted octanol–water partition coefficient (Wildman–Crippen LogP) is 4.36. The molecule has 0 aliphatic rings. The van der Waals surface area contributed by atoms with Crippen molar-refractivity contribution in [2.45, 2.75) is 6.61 Å². The third-order valence-corrected chi connectivity index (χ3v) is 4.59. The Morgan fingerprint density at radius 3 is 2.48 bits per heavy atom. The monoisotopic (exact) mass is 442 g/mol. The number of nitrogens with two attached hydrogens (primary N) is 2. The lowest BCUT2D eigenvalue weighted by Gasteiger charge is -2.10. The smallest absolute Gasteiger partial charge is 0.191 e. The molecule has 0 radical (unpaired) electrons. The second kappa shape index (κ2) is 9.53. The van der Waals surface area contributed by atoms with Crippen LogP contribution in [0.15, 0.2) is 77.9 Å². The van der Waals surface area contributed by atoms with Gasteiger partial charge in [0.1, 0.15) is 47.0 Å². The zero-order valence-corrected chi connectivity index (χ0v) is 17.3. The normalized spacial score (nSPS) is 10.3. The van der Waals surface area contributed by atoms with Crippen LogP contribution in [0.4, 0.5) is 10.1 Å². The number of benzene rings is 3. The van der Waals surface area contributed by atoms with Crippen LogP contribution in [0.25, 0.3) is 11.3 Å². The molecule has 5 N–H and O–H groups in total. The molecule has 164 valence electrons. The van der Waals surface area contributed by atoms with Gasteiger partial charge in [-0.3, -0.25) is 0 Å². The molecule has 0 atom stereocenters. The minimum absolute atomic E-state index is 0.0548. The van der Waals surface area contributed by atoms with Crippen molar-refractivity contribution in [3.05, 3.63) is 90.1 Å². The first-order chi connectivity index (χ1) is 16.0. The number of imidazole rings is 1. The van der Waals surface area contributed by atoms with Crippen LogP contribution in [0.1, 0.15) is 11.4 Å². The molecule has 0 bridgehead atoms. The van der Waals surface area contributed by atoms with E-state index in [2.05, 4.69) is 15.0 Å². The Labute approximate surface area is 188 Å². The van der Waals surface area contributed by atoms with Crippen molar-refractivity contribution < 1.29 is 13.9 Å². The van der Waals surface area contributed by atoms with Crippen molar-refractivity contribution in [3.63, 3.8) is 0 Å². The molecule has 0 aliphatic carbocycles. The van der Waals surface area contributed by atoms with E-state index in [0.29, 0.717) is 18.2 Å². The molecular weight excluding hydrogens is 423 g/mol. The average Bonchev–Trinajstić information content (AvgIpc) is 3.30. The number of aromatic nitrogens is 2. The van der Waals surface area contributed by atoms with Crippen LogP contribution in [0, 0.1) is 17.1 Å². The summed E-state index contributed by atoms with van der Waals surface area (Å²) in [5, 5.41) is 9.35. The Hall–Kier alpha value is -4.84. The molecule has 4 rings (SSSR count). The van der Waals surface area contributed by atoms with E-state index < -0.39 is 5.82 Å². The lowest BCUT2D eigenvalue weighted by Crippen LogP contribution is -2.22. The van der Waals surface area contributed by atoms with Crippen LogP contribution < -0.4 is 20.9 Å². The fourth-order valence-electron chi connectivity index (χ4n) is 3.04. The van der Waals surface area contributed by atoms with Crippen LogP contribution >= 0.6 is 0 Å². The van der Waals surface area contributed by atoms with Gasteiger partial charge in [0.25, 0.3) is 0 Å². The maximum Gasteiger partial charge on any atom is 0.191 e. The van der Waals surface area contributed by atoms with Crippen molar-refractivity contribution in [1.82, 2.24) is 9.97 Å². The Morgan fingerprint density at radius 1 is 1.03 bits per heavy atom. The van der Waals surface area contributed by atoms with Crippen LogP contribution in [-0.4, -0.2) is 15.9 Å². The number of para-hydroxylation sites is 1. The lowest BCUT2D eigenvalue weighted by molar-refractivity contribution is 0.297. The Morgan fingerprint density at radius 2 is 1.79 bits per heavy atom. The van der Waals surface area contributed by atoms with Crippen molar-refractivity contribution in [2.75, 3.05) is 0 Å². The SMILES string of the molecule is N#Cc1c(Oc2ccc(-c3cnc(COc4ccccc4)[nH]3)cc2)ccc(N=C(N)N)c1F. The first-order valence-electron chi connectivity index (χ1n) is 9.85. The first-order valence-corrected chi connectivity index (χ1v) is 9.85. The molecule has 3 aromatic carbocycles. The van der Waals surface area contributed by atoms with E-state index in [1.165, 1.54) is 12.1 Å². The van der Waals surface area contributed by atoms with Gasteiger partial charge < -0.3 is 25.9 Å². The number of aromatic amines is 1. The third-order valence-electron chi connectivity index (χ3n) is 4.59. The number of nitrogens with one attached hydrogen (secondary N) is 1. The van der Waals surface area contributed by atoms with Gasteiger partial charge in [-0.2, -0.15) is 5.26 Å². The van der Waals surface area contributed by atoms with E-state index in [4.69, 9.17) is 20.9 Å². The second-order valence-electron chi connectivity index (χ2n) is 6.89. The maximum absolute atomic E-state index is 14.5. The number of guanidine groups is 1. The van der Waals surface area contributed by atoms with Gasteiger partial charge in [-0.05, 0) is 54.1 Å². The van der Waals surface area contributed by atoms with Crippen LogP contribution in [0.2, 0.25) is 0 Å². The molecule has 33 heavy (non-hydrogen) atoms. The highest BCUT2D eigenvalue weighted by atomic mass is 19.1. The van der Waals surface area contributed by atoms with Crippen molar-refractivity contribution >= 4 is 11.6 Å². The van der Waals surface area contributed by atoms with Gasteiger partial charge in [-0.15, -0.1) is 0 Å². The molecular formula is C24H19FN6O2. The van der Waals surface area contributed by atoms with E-state index in [9.17, 15) is 9.65 Å². The Bertz CT molecular complexity index is 1320. The fraction of sp³-hybridized carbons (Fsp3) is 0.0417. The number of halogens is 1. The molecule has 0 spiro atoms.